The summed E-state index contributed by atoms with van der Waals surface area (Å²) in [4.78, 5) is 35.1. The molecule has 0 aromatic rings. The second-order valence-corrected chi connectivity index (χ2v) is 5.43. The second-order valence-electron chi connectivity index (χ2n) is 5.43. The van der Waals surface area contributed by atoms with Crippen LogP contribution in [-0.2, 0) is 14.4 Å². The molecule has 7 heteroatoms. The molecule has 0 aromatic heterocycles. The zero-order chi connectivity index (χ0) is 15.8. The Morgan fingerprint density at radius 1 is 1.14 bits per heavy atom. The largest absolute Gasteiger partial charge is 0.480 e. The molecule has 0 saturated heterocycles. The summed E-state index contributed by atoms with van der Waals surface area (Å²) in [5.74, 6) is -2.55. The highest BCUT2D eigenvalue weighted by Crippen LogP contribution is 2.30. The third-order valence-electron chi connectivity index (χ3n) is 3.80. The Bertz CT molecular complexity index is 386. The first kappa shape index (κ1) is 17.4. The molecular formula is C14H24N2O5. The maximum Gasteiger partial charge on any atom is 0.325 e. The van der Waals surface area contributed by atoms with E-state index in [1.165, 1.54) is 6.92 Å². The van der Waals surface area contributed by atoms with Crippen LogP contribution < -0.4 is 10.6 Å². The number of aliphatic carboxylic acids is 1. The molecule has 0 spiro atoms. The molecule has 1 saturated carbocycles. The van der Waals surface area contributed by atoms with Gasteiger partial charge in [-0.15, -0.1) is 0 Å². The van der Waals surface area contributed by atoms with E-state index >= 15 is 0 Å². The van der Waals surface area contributed by atoms with Gasteiger partial charge in [-0.2, -0.15) is 0 Å². The van der Waals surface area contributed by atoms with Crippen LogP contribution in [0.1, 0.15) is 39.0 Å². The van der Waals surface area contributed by atoms with Gasteiger partial charge in [0, 0.05) is 25.0 Å². The Morgan fingerprint density at radius 2 is 1.71 bits per heavy atom. The first-order valence-corrected chi connectivity index (χ1v) is 7.39. The van der Waals surface area contributed by atoms with E-state index in [0.717, 1.165) is 12.8 Å². The molecule has 1 fully saturated rings. The van der Waals surface area contributed by atoms with Gasteiger partial charge in [-0.25, -0.2) is 0 Å². The van der Waals surface area contributed by atoms with Crippen LogP contribution in [-0.4, -0.2) is 47.2 Å². The highest BCUT2D eigenvalue weighted by atomic mass is 16.4. The van der Waals surface area contributed by atoms with Gasteiger partial charge in [-0.05, 0) is 26.2 Å². The zero-order valence-corrected chi connectivity index (χ0v) is 12.3. The fourth-order valence-electron chi connectivity index (χ4n) is 2.56. The molecule has 1 rings (SSSR count). The fraction of sp³-hybridized carbons (Fsp3) is 0.786. The second kappa shape index (κ2) is 8.61. The van der Waals surface area contributed by atoms with Gasteiger partial charge in [0.2, 0.25) is 11.8 Å². The molecule has 0 bridgehead atoms. The third kappa shape index (κ3) is 5.34. The van der Waals surface area contributed by atoms with Crippen molar-refractivity contribution in [2.45, 2.75) is 45.1 Å². The summed E-state index contributed by atoms with van der Waals surface area (Å²) in [6, 6.07) is -0.961. The van der Waals surface area contributed by atoms with Crippen molar-refractivity contribution in [1.29, 1.82) is 0 Å². The van der Waals surface area contributed by atoms with E-state index in [2.05, 4.69) is 10.6 Å². The number of carbonyl (C=O) groups excluding carboxylic acids is 2. The van der Waals surface area contributed by atoms with E-state index in [9.17, 15) is 14.4 Å². The number of amides is 2. The van der Waals surface area contributed by atoms with Crippen LogP contribution in [0.5, 0.6) is 0 Å². The number of carboxylic acid groups (broad SMARTS) is 1. The molecule has 3 unspecified atom stereocenters. The Hall–Kier alpha value is -1.63. The molecule has 0 aliphatic heterocycles. The van der Waals surface area contributed by atoms with Crippen LogP contribution in [0.4, 0.5) is 0 Å². The molecule has 0 radical (unpaired) electrons. The average molecular weight is 300 g/mol. The summed E-state index contributed by atoms with van der Waals surface area (Å²) in [5, 5.41) is 22.7. The lowest BCUT2D eigenvalue weighted by Crippen LogP contribution is -2.47. The summed E-state index contributed by atoms with van der Waals surface area (Å²) in [7, 11) is 0. The molecule has 0 aromatic carbocycles. The van der Waals surface area contributed by atoms with E-state index < -0.39 is 23.8 Å². The van der Waals surface area contributed by atoms with E-state index in [-0.39, 0.29) is 18.4 Å². The Kier molecular flexibility index (Phi) is 7.14. The molecule has 0 heterocycles. The van der Waals surface area contributed by atoms with Crippen molar-refractivity contribution in [3.63, 3.8) is 0 Å². The summed E-state index contributed by atoms with van der Waals surface area (Å²) < 4.78 is 0. The van der Waals surface area contributed by atoms with Crippen LogP contribution in [0.25, 0.3) is 0 Å². The molecule has 7 nitrogen and oxygen atoms in total. The fourth-order valence-corrected chi connectivity index (χ4v) is 2.56. The van der Waals surface area contributed by atoms with Gasteiger partial charge in [0.15, 0.2) is 0 Å². The van der Waals surface area contributed by atoms with Crippen LogP contribution in [0.15, 0.2) is 0 Å². The number of hydrogen-bond donors (Lipinski definition) is 4. The van der Waals surface area contributed by atoms with Crippen LogP contribution in [0, 0.1) is 11.8 Å². The van der Waals surface area contributed by atoms with Crippen molar-refractivity contribution >= 4 is 17.8 Å². The summed E-state index contributed by atoms with van der Waals surface area (Å²) in [5.41, 5.74) is 0. The number of aliphatic hydroxyl groups excluding tert-OH is 1. The normalized spacial score (nSPS) is 23.1. The van der Waals surface area contributed by atoms with Gasteiger partial charge in [0.1, 0.15) is 6.04 Å². The lowest BCUT2D eigenvalue weighted by molar-refractivity contribution is -0.143. The van der Waals surface area contributed by atoms with Gasteiger partial charge in [-0.3, -0.25) is 14.4 Å². The van der Waals surface area contributed by atoms with Gasteiger partial charge in [0.25, 0.3) is 0 Å². The van der Waals surface area contributed by atoms with E-state index in [4.69, 9.17) is 10.2 Å². The molecule has 120 valence electrons. The number of carbonyl (C=O) groups is 3. The lowest BCUT2D eigenvalue weighted by atomic mass is 9.78. The number of hydrogen-bond acceptors (Lipinski definition) is 4. The summed E-state index contributed by atoms with van der Waals surface area (Å²) >= 11 is 0. The topological polar surface area (TPSA) is 116 Å². The predicted molar refractivity (Wildman–Crippen MR) is 75.4 cm³/mol. The molecule has 1 aliphatic carbocycles. The van der Waals surface area contributed by atoms with Gasteiger partial charge >= 0.3 is 5.97 Å². The smallest absolute Gasteiger partial charge is 0.325 e. The first-order chi connectivity index (χ1) is 9.97. The van der Waals surface area contributed by atoms with E-state index in [1.807, 2.05) is 0 Å². The van der Waals surface area contributed by atoms with E-state index in [1.54, 1.807) is 0 Å². The first-order valence-electron chi connectivity index (χ1n) is 7.39. The number of carboxylic acids is 1. The van der Waals surface area contributed by atoms with Crippen molar-refractivity contribution in [2.24, 2.45) is 11.8 Å². The maximum absolute atomic E-state index is 12.2. The van der Waals surface area contributed by atoms with Gasteiger partial charge < -0.3 is 20.8 Å². The molecule has 4 N–H and O–H groups in total. The van der Waals surface area contributed by atoms with Crippen molar-refractivity contribution in [3.8, 4) is 0 Å². The monoisotopic (exact) mass is 300 g/mol. The third-order valence-corrected chi connectivity index (χ3v) is 3.80. The van der Waals surface area contributed by atoms with Crippen molar-refractivity contribution in [2.75, 3.05) is 13.2 Å². The Labute approximate surface area is 124 Å². The SMILES string of the molecule is CC(NC(=O)C1CCCCC1C(=O)NCCCO)C(=O)O. The van der Waals surface area contributed by atoms with Crippen LogP contribution in [0.3, 0.4) is 0 Å². The minimum atomic E-state index is -1.09. The van der Waals surface area contributed by atoms with Crippen LogP contribution in [0.2, 0.25) is 0 Å². The quantitative estimate of drug-likeness (QED) is 0.489. The highest BCUT2D eigenvalue weighted by molar-refractivity contribution is 5.90. The minimum Gasteiger partial charge on any atom is -0.480 e. The molecular weight excluding hydrogens is 276 g/mol. The minimum absolute atomic E-state index is 0.00495. The molecule has 21 heavy (non-hydrogen) atoms. The molecule has 3 atom stereocenters. The van der Waals surface area contributed by atoms with Crippen molar-refractivity contribution in [1.82, 2.24) is 10.6 Å². The maximum atomic E-state index is 12.2. The molecule has 1 aliphatic rings. The van der Waals surface area contributed by atoms with Gasteiger partial charge in [0.05, 0.1) is 0 Å². The van der Waals surface area contributed by atoms with Crippen molar-refractivity contribution < 1.29 is 24.6 Å². The number of nitrogens with one attached hydrogen (secondary N) is 2. The summed E-state index contributed by atoms with van der Waals surface area (Å²) in [6.45, 7) is 1.79. The highest BCUT2D eigenvalue weighted by Gasteiger charge is 2.36. The van der Waals surface area contributed by atoms with Gasteiger partial charge in [-0.1, -0.05) is 12.8 Å². The van der Waals surface area contributed by atoms with E-state index in [0.29, 0.717) is 25.8 Å². The number of rotatable bonds is 7. The van der Waals surface area contributed by atoms with Crippen molar-refractivity contribution in [3.05, 3.63) is 0 Å². The zero-order valence-electron chi connectivity index (χ0n) is 12.3. The Balaban J connectivity index is 2.61. The summed E-state index contributed by atoms with van der Waals surface area (Å²) in [6.07, 6.45) is 3.45. The standard InChI is InChI=1S/C14H24N2O5/c1-9(14(20)21)16-13(19)11-6-3-2-5-10(11)12(18)15-7-4-8-17/h9-11,17H,2-8H2,1H3,(H,15,18)(H,16,19)(H,20,21). The predicted octanol–water partition coefficient (Wildman–Crippen LogP) is -0.119. The van der Waals surface area contributed by atoms with Crippen LogP contribution >= 0.6 is 0 Å². The molecule has 2 amide bonds. The lowest BCUT2D eigenvalue weighted by Gasteiger charge is -2.30. The average Bonchev–Trinajstić information content (AvgIpc) is 2.47. The number of aliphatic hydroxyl groups is 1. The Morgan fingerprint density at radius 3 is 2.24 bits per heavy atom.